The number of hydrogen-bond acceptors (Lipinski definition) is 5. The minimum Gasteiger partial charge on any atom is -0.466 e. The van der Waals surface area contributed by atoms with Crippen LogP contribution in [0.2, 0.25) is 0 Å². The molecule has 0 heterocycles. The Hall–Kier alpha value is -1.65. The molecule has 0 amide bonds. The van der Waals surface area contributed by atoms with Crippen LogP contribution in [0.25, 0.3) is 0 Å². The first kappa shape index (κ1) is 24.6. The quantitative estimate of drug-likeness (QED) is 0.419. The zero-order valence-corrected chi connectivity index (χ0v) is 18.0. The van der Waals surface area contributed by atoms with Crippen LogP contribution in [-0.4, -0.2) is 51.1 Å². The van der Waals surface area contributed by atoms with Crippen LogP contribution >= 0.6 is 0 Å². The van der Waals surface area contributed by atoms with E-state index in [4.69, 9.17) is 9.47 Å². The highest BCUT2D eigenvalue weighted by Crippen LogP contribution is 2.32. The Kier molecular flexibility index (Phi) is 8.69. The van der Waals surface area contributed by atoms with Crippen LogP contribution in [0.15, 0.2) is 29.2 Å². The van der Waals surface area contributed by atoms with Crippen molar-refractivity contribution in [1.29, 1.82) is 0 Å². The number of alkyl halides is 3. The maximum Gasteiger partial charge on any atom is 0.416 e. The monoisotopic (exact) mass is 451 g/mol. The van der Waals surface area contributed by atoms with Crippen molar-refractivity contribution in [1.82, 2.24) is 4.31 Å². The minimum atomic E-state index is -4.51. The molecule has 0 aromatic heterocycles. The zero-order chi connectivity index (χ0) is 22.4. The van der Waals surface area contributed by atoms with Crippen molar-refractivity contribution >= 4 is 16.0 Å². The summed E-state index contributed by atoms with van der Waals surface area (Å²) in [7, 11) is -2.42. The topological polar surface area (TPSA) is 72.9 Å². The largest absolute Gasteiger partial charge is 0.466 e. The van der Waals surface area contributed by atoms with Gasteiger partial charge in [-0.1, -0.05) is 0 Å². The summed E-state index contributed by atoms with van der Waals surface area (Å²) in [5.41, 5.74) is -0.885. The molecule has 1 saturated carbocycles. The standard InChI is InChI=1S/C20H28F3NO5S/c1-3-28-19(25)5-4-14-29-17-10-8-16(9-11-17)24(2)30(26,27)18-12-6-15(7-13-18)20(21,22)23/h6-7,12-13,16-17H,3-5,8-11,14H2,1-2H3. The maximum absolute atomic E-state index is 12.8. The second-order valence-electron chi connectivity index (χ2n) is 7.25. The smallest absolute Gasteiger partial charge is 0.416 e. The van der Waals surface area contributed by atoms with Crippen LogP contribution < -0.4 is 0 Å². The predicted molar refractivity (Wildman–Crippen MR) is 104 cm³/mol. The molecule has 30 heavy (non-hydrogen) atoms. The molecule has 0 unspecified atom stereocenters. The van der Waals surface area contributed by atoms with Gasteiger partial charge in [0.25, 0.3) is 0 Å². The van der Waals surface area contributed by atoms with Crippen LogP contribution in [0.4, 0.5) is 13.2 Å². The van der Waals surface area contributed by atoms with Crippen LogP contribution in [0.1, 0.15) is 51.0 Å². The van der Waals surface area contributed by atoms with Crippen LogP contribution in [0.3, 0.4) is 0 Å². The van der Waals surface area contributed by atoms with Gasteiger partial charge in [0.2, 0.25) is 10.0 Å². The molecule has 0 saturated heterocycles. The fourth-order valence-corrected chi connectivity index (χ4v) is 4.87. The van der Waals surface area contributed by atoms with Gasteiger partial charge in [0.15, 0.2) is 0 Å². The lowest BCUT2D eigenvalue weighted by atomic mass is 9.93. The van der Waals surface area contributed by atoms with E-state index in [0.717, 1.165) is 24.3 Å². The van der Waals surface area contributed by atoms with Crippen molar-refractivity contribution in [3.05, 3.63) is 29.8 Å². The molecule has 10 heteroatoms. The summed E-state index contributed by atoms with van der Waals surface area (Å²) in [6, 6.07) is 3.31. The summed E-state index contributed by atoms with van der Waals surface area (Å²) in [4.78, 5) is 11.1. The highest BCUT2D eigenvalue weighted by atomic mass is 32.2. The van der Waals surface area contributed by atoms with Gasteiger partial charge in [0, 0.05) is 26.1 Å². The second kappa shape index (κ2) is 10.6. The SMILES string of the molecule is CCOC(=O)CCCOC1CCC(N(C)S(=O)(=O)c2ccc(C(F)(F)F)cc2)CC1. The number of carbonyl (C=O) groups excluding carboxylic acids is 1. The third kappa shape index (κ3) is 6.68. The highest BCUT2D eigenvalue weighted by Gasteiger charge is 2.34. The summed E-state index contributed by atoms with van der Waals surface area (Å²) in [6.45, 7) is 2.54. The highest BCUT2D eigenvalue weighted by molar-refractivity contribution is 7.89. The maximum atomic E-state index is 12.8. The van der Waals surface area contributed by atoms with E-state index in [9.17, 15) is 26.4 Å². The van der Waals surface area contributed by atoms with E-state index < -0.39 is 21.8 Å². The van der Waals surface area contributed by atoms with Crippen LogP contribution in [-0.2, 0) is 30.5 Å². The third-order valence-electron chi connectivity index (χ3n) is 5.20. The molecule has 6 nitrogen and oxygen atoms in total. The van der Waals surface area contributed by atoms with Gasteiger partial charge in [-0.05, 0) is 63.3 Å². The Morgan fingerprint density at radius 1 is 1.13 bits per heavy atom. The Balaban J connectivity index is 1.84. The van der Waals surface area contributed by atoms with Crippen molar-refractivity contribution in [3.8, 4) is 0 Å². The fourth-order valence-electron chi connectivity index (χ4n) is 3.45. The van der Waals surface area contributed by atoms with Gasteiger partial charge in [-0.2, -0.15) is 17.5 Å². The Morgan fingerprint density at radius 2 is 1.73 bits per heavy atom. The molecule has 2 rings (SSSR count). The Labute approximate surface area is 175 Å². The van der Waals surface area contributed by atoms with Crippen molar-refractivity contribution in [3.63, 3.8) is 0 Å². The van der Waals surface area contributed by atoms with Gasteiger partial charge in [0.1, 0.15) is 0 Å². The lowest BCUT2D eigenvalue weighted by Gasteiger charge is -2.34. The first-order chi connectivity index (χ1) is 14.1. The summed E-state index contributed by atoms with van der Waals surface area (Å²) in [6.07, 6.45) is -1.09. The minimum absolute atomic E-state index is 0.00520. The number of ether oxygens (including phenoxy) is 2. The van der Waals surface area contributed by atoms with Gasteiger partial charge < -0.3 is 9.47 Å². The van der Waals surface area contributed by atoms with E-state index in [-0.39, 0.29) is 23.0 Å². The Bertz CT molecular complexity index is 788. The Morgan fingerprint density at radius 3 is 2.27 bits per heavy atom. The lowest BCUT2D eigenvalue weighted by Crippen LogP contribution is -2.40. The molecule has 0 bridgehead atoms. The summed E-state index contributed by atoms with van der Waals surface area (Å²) >= 11 is 0. The molecular formula is C20H28F3NO5S. The normalized spacial score (nSPS) is 20.3. The number of rotatable bonds is 9. The number of nitrogens with zero attached hydrogens (tertiary/aromatic N) is 1. The van der Waals surface area contributed by atoms with Crippen molar-refractivity contribution in [2.24, 2.45) is 0 Å². The van der Waals surface area contributed by atoms with E-state index in [1.54, 1.807) is 6.92 Å². The first-order valence-corrected chi connectivity index (χ1v) is 11.4. The zero-order valence-electron chi connectivity index (χ0n) is 17.2. The fraction of sp³-hybridized carbons (Fsp3) is 0.650. The summed E-state index contributed by atoms with van der Waals surface area (Å²) in [5.74, 6) is -0.250. The van der Waals surface area contributed by atoms with E-state index in [1.807, 2.05) is 0 Å². The van der Waals surface area contributed by atoms with Gasteiger partial charge in [-0.3, -0.25) is 4.79 Å². The molecule has 1 aliphatic carbocycles. The predicted octanol–water partition coefficient (Wildman–Crippen LogP) is 4.00. The van der Waals surface area contributed by atoms with Crippen molar-refractivity contribution in [2.45, 2.75) is 68.7 Å². The molecule has 0 N–H and O–H groups in total. The molecule has 1 fully saturated rings. The van der Waals surface area contributed by atoms with E-state index in [0.29, 0.717) is 51.7 Å². The van der Waals surface area contributed by atoms with Gasteiger partial charge in [-0.15, -0.1) is 0 Å². The lowest BCUT2D eigenvalue weighted by molar-refractivity contribution is -0.143. The number of benzene rings is 1. The third-order valence-corrected chi connectivity index (χ3v) is 7.12. The van der Waals surface area contributed by atoms with Crippen molar-refractivity contribution in [2.75, 3.05) is 20.3 Å². The van der Waals surface area contributed by atoms with Gasteiger partial charge in [0.05, 0.1) is 23.2 Å². The summed E-state index contributed by atoms with van der Waals surface area (Å²) in [5, 5.41) is 0. The molecule has 1 aliphatic rings. The molecule has 1 aromatic carbocycles. The van der Waals surface area contributed by atoms with Crippen molar-refractivity contribution < 1.29 is 35.9 Å². The molecule has 1 aromatic rings. The number of hydrogen-bond donors (Lipinski definition) is 0. The molecule has 170 valence electrons. The van der Waals surface area contributed by atoms with Crippen LogP contribution in [0, 0.1) is 0 Å². The van der Waals surface area contributed by atoms with Gasteiger partial charge in [-0.25, -0.2) is 8.42 Å². The van der Waals surface area contributed by atoms with E-state index >= 15 is 0 Å². The molecule has 0 aliphatic heterocycles. The average Bonchev–Trinajstić information content (AvgIpc) is 2.71. The average molecular weight is 452 g/mol. The van der Waals surface area contributed by atoms with E-state index in [2.05, 4.69) is 0 Å². The number of carbonyl (C=O) groups is 1. The summed E-state index contributed by atoms with van der Waals surface area (Å²) < 4.78 is 75.5. The van der Waals surface area contributed by atoms with E-state index in [1.165, 1.54) is 11.4 Å². The number of halogens is 3. The van der Waals surface area contributed by atoms with Gasteiger partial charge >= 0.3 is 12.1 Å². The van der Waals surface area contributed by atoms with Crippen LogP contribution in [0.5, 0.6) is 0 Å². The first-order valence-electron chi connectivity index (χ1n) is 9.98. The molecule has 0 radical (unpaired) electrons. The second-order valence-corrected chi connectivity index (χ2v) is 9.25. The molecule has 0 spiro atoms. The number of esters is 1. The molecule has 0 atom stereocenters. The number of sulfonamides is 1. The molecular weight excluding hydrogens is 423 g/mol.